The number of esters is 1. The van der Waals surface area contributed by atoms with Crippen molar-refractivity contribution in [1.29, 1.82) is 0 Å². The van der Waals surface area contributed by atoms with Crippen LogP contribution in [0.25, 0.3) is 0 Å². The highest BCUT2D eigenvalue weighted by molar-refractivity contribution is 5.92. The molecule has 0 aliphatic carbocycles. The van der Waals surface area contributed by atoms with Crippen molar-refractivity contribution in [2.24, 2.45) is 0 Å². The molecule has 108 valence electrons. The molecule has 0 radical (unpaired) electrons. The van der Waals surface area contributed by atoms with Crippen molar-refractivity contribution in [2.75, 3.05) is 26.2 Å². The molecule has 0 aromatic rings. The van der Waals surface area contributed by atoms with Gasteiger partial charge in [0.25, 0.3) is 0 Å². The van der Waals surface area contributed by atoms with Gasteiger partial charge in [-0.15, -0.1) is 0 Å². The molecule has 1 fully saturated rings. The fourth-order valence-corrected chi connectivity index (χ4v) is 1.53. The Hall–Kier alpha value is -1.79. The number of amides is 2. The van der Waals surface area contributed by atoms with Gasteiger partial charge in [0.05, 0.1) is 0 Å². The van der Waals surface area contributed by atoms with Crippen LogP contribution in [0.2, 0.25) is 0 Å². The predicted octanol–water partition coefficient (Wildman–Crippen LogP) is 1.22. The third-order valence-corrected chi connectivity index (χ3v) is 2.45. The number of nitrogens with zero attached hydrogens (tertiary/aromatic N) is 2. The molecule has 7 heteroatoms. The summed E-state index contributed by atoms with van der Waals surface area (Å²) >= 11 is 0. The lowest BCUT2D eigenvalue weighted by Gasteiger charge is -2.27. The number of rotatable bonds is 4. The van der Waals surface area contributed by atoms with E-state index in [4.69, 9.17) is 4.74 Å². The second-order valence-electron chi connectivity index (χ2n) is 5.22. The molecule has 1 aliphatic rings. The van der Waals surface area contributed by atoms with Gasteiger partial charge in [-0.1, -0.05) is 0 Å². The maximum atomic E-state index is 11.8. The maximum absolute atomic E-state index is 11.8. The lowest BCUT2D eigenvalue weighted by molar-refractivity contribution is -0.132. The average Bonchev–Trinajstić information content (AvgIpc) is 2.55. The van der Waals surface area contributed by atoms with E-state index in [1.165, 1.54) is 9.80 Å². The number of carbonyl (C=O) groups is 3. The normalized spacial score (nSPS) is 15.5. The highest BCUT2D eigenvalue weighted by atomic mass is 16.6. The molecule has 7 nitrogen and oxygen atoms in total. The zero-order chi connectivity index (χ0) is 14.6. The highest BCUT2D eigenvalue weighted by Gasteiger charge is 2.30. The van der Waals surface area contributed by atoms with Gasteiger partial charge in [0.15, 0.2) is 0 Å². The van der Waals surface area contributed by atoms with Crippen molar-refractivity contribution in [1.82, 2.24) is 9.80 Å². The summed E-state index contributed by atoms with van der Waals surface area (Å²) in [6, 6.07) is 0. The van der Waals surface area contributed by atoms with E-state index in [0.717, 1.165) is 0 Å². The Kier molecular flexibility index (Phi) is 4.74. The summed E-state index contributed by atoms with van der Waals surface area (Å²) in [7, 11) is 0. The fraction of sp³-hybridized carbons (Fsp3) is 0.750. The first kappa shape index (κ1) is 15.3. The number of hydrogen-bond donors (Lipinski definition) is 0. The van der Waals surface area contributed by atoms with E-state index >= 15 is 0 Å². The third-order valence-electron chi connectivity index (χ3n) is 2.45. The molecular formula is C12H20N2O5. The van der Waals surface area contributed by atoms with Crippen molar-refractivity contribution < 1.29 is 23.9 Å². The standard InChI is InChI=1S/C12H20N2O5/c1-5-13(11(17)19-12(2,3)4)6-7-14-8-9(15)18-10(14)16/h5-8H2,1-4H3. The first-order valence-corrected chi connectivity index (χ1v) is 6.20. The van der Waals surface area contributed by atoms with Gasteiger partial charge in [0.2, 0.25) is 0 Å². The zero-order valence-electron chi connectivity index (χ0n) is 11.8. The van der Waals surface area contributed by atoms with Gasteiger partial charge in [0, 0.05) is 19.6 Å². The Morgan fingerprint density at radius 2 is 2.05 bits per heavy atom. The summed E-state index contributed by atoms with van der Waals surface area (Å²) in [5.74, 6) is -0.565. The Bertz CT molecular complexity index is 375. The summed E-state index contributed by atoms with van der Waals surface area (Å²) in [5, 5.41) is 0. The summed E-state index contributed by atoms with van der Waals surface area (Å²) in [4.78, 5) is 36.7. The third kappa shape index (κ3) is 4.76. The quantitative estimate of drug-likeness (QED) is 0.568. The largest absolute Gasteiger partial charge is 0.444 e. The van der Waals surface area contributed by atoms with E-state index in [0.29, 0.717) is 13.1 Å². The molecule has 0 spiro atoms. The van der Waals surface area contributed by atoms with Gasteiger partial charge >= 0.3 is 18.2 Å². The van der Waals surface area contributed by atoms with Crippen molar-refractivity contribution in [3.63, 3.8) is 0 Å². The fourth-order valence-electron chi connectivity index (χ4n) is 1.53. The van der Waals surface area contributed by atoms with Crippen molar-refractivity contribution in [2.45, 2.75) is 33.3 Å². The smallest absolute Gasteiger partial charge is 0.418 e. The number of likely N-dealkylation sites (N-methyl/N-ethyl adjacent to an activating group) is 1. The van der Waals surface area contributed by atoms with Crippen LogP contribution in [0.3, 0.4) is 0 Å². The van der Waals surface area contributed by atoms with E-state index in [2.05, 4.69) is 4.74 Å². The number of carbonyl (C=O) groups excluding carboxylic acids is 3. The Labute approximate surface area is 112 Å². The minimum atomic E-state index is -0.662. The van der Waals surface area contributed by atoms with E-state index in [9.17, 15) is 14.4 Å². The first-order chi connectivity index (χ1) is 8.73. The topological polar surface area (TPSA) is 76.2 Å². The molecule has 0 aromatic heterocycles. The molecule has 1 heterocycles. The summed E-state index contributed by atoms with van der Waals surface area (Å²) < 4.78 is 9.63. The van der Waals surface area contributed by atoms with E-state index in [-0.39, 0.29) is 13.1 Å². The van der Waals surface area contributed by atoms with Crippen LogP contribution < -0.4 is 0 Å². The van der Waals surface area contributed by atoms with Crippen LogP contribution in [-0.4, -0.2) is 59.7 Å². The monoisotopic (exact) mass is 272 g/mol. The predicted molar refractivity (Wildman–Crippen MR) is 66.5 cm³/mol. The summed E-state index contributed by atoms with van der Waals surface area (Å²) in [6.45, 7) is 8.12. The molecule has 2 amide bonds. The molecule has 0 unspecified atom stereocenters. The van der Waals surface area contributed by atoms with E-state index in [1.54, 1.807) is 20.8 Å². The summed E-state index contributed by atoms with van der Waals surface area (Å²) in [6.07, 6.45) is -1.10. The molecule has 0 atom stereocenters. The number of cyclic esters (lactones) is 2. The second kappa shape index (κ2) is 5.90. The van der Waals surface area contributed by atoms with Gasteiger partial charge in [-0.05, 0) is 27.7 Å². The van der Waals surface area contributed by atoms with Crippen LogP contribution in [0.5, 0.6) is 0 Å². The van der Waals surface area contributed by atoms with Crippen molar-refractivity contribution in [3.8, 4) is 0 Å². The molecule has 1 aliphatic heterocycles. The van der Waals surface area contributed by atoms with Gasteiger partial charge in [-0.3, -0.25) is 4.90 Å². The minimum Gasteiger partial charge on any atom is -0.444 e. The average molecular weight is 272 g/mol. The lowest BCUT2D eigenvalue weighted by Crippen LogP contribution is -2.41. The second-order valence-corrected chi connectivity index (χ2v) is 5.22. The van der Waals surface area contributed by atoms with Gasteiger partial charge in [-0.25, -0.2) is 14.4 Å². The molecule has 1 rings (SSSR count). The Morgan fingerprint density at radius 3 is 2.47 bits per heavy atom. The van der Waals surface area contributed by atoms with Crippen LogP contribution in [0.4, 0.5) is 9.59 Å². The summed E-state index contributed by atoms with van der Waals surface area (Å²) in [5.41, 5.74) is -0.562. The molecule has 0 N–H and O–H groups in total. The first-order valence-electron chi connectivity index (χ1n) is 6.20. The van der Waals surface area contributed by atoms with Crippen LogP contribution in [0.1, 0.15) is 27.7 Å². The molecule has 1 saturated heterocycles. The molecule has 19 heavy (non-hydrogen) atoms. The van der Waals surface area contributed by atoms with Crippen LogP contribution in [-0.2, 0) is 14.3 Å². The van der Waals surface area contributed by atoms with Crippen molar-refractivity contribution in [3.05, 3.63) is 0 Å². The molecular weight excluding hydrogens is 252 g/mol. The Balaban J connectivity index is 2.47. The number of ether oxygens (including phenoxy) is 2. The lowest BCUT2D eigenvalue weighted by atomic mass is 10.2. The van der Waals surface area contributed by atoms with E-state index in [1.807, 2.05) is 6.92 Å². The van der Waals surface area contributed by atoms with Gasteiger partial charge < -0.3 is 14.4 Å². The van der Waals surface area contributed by atoms with Crippen LogP contribution >= 0.6 is 0 Å². The number of hydrogen-bond acceptors (Lipinski definition) is 5. The van der Waals surface area contributed by atoms with E-state index < -0.39 is 23.8 Å². The Morgan fingerprint density at radius 1 is 1.42 bits per heavy atom. The van der Waals surface area contributed by atoms with Crippen LogP contribution in [0.15, 0.2) is 0 Å². The highest BCUT2D eigenvalue weighted by Crippen LogP contribution is 2.10. The molecule has 0 saturated carbocycles. The van der Waals surface area contributed by atoms with Crippen molar-refractivity contribution >= 4 is 18.2 Å². The molecule has 0 aromatic carbocycles. The minimum absolute atomic E-state index is 0.0648. The van der Waals surface area contributed by atoms with Crippen LogP contribution in [0, 0.1) is 0 Å². The zero-order valence-corrected chi connectivity index (χ0v) is 11.8. The van der Waals surface area contributed by atoms with Gasteiger partial charge in [0.1, 0.15) is 12.1 Å². The maximum Gasteiger partial charge on any atom is 0.418 e. The molecule has 0 bridgehead atoms. The van der Waals surface area contributed by atoms with Gasteiger partial charge in [-0.2, -0.15) is 0 Å². The SMILES string of the molecule is CCN(CCN1CC(=O)OC1=O)C(=O)OC(C)(C)C.